The van der Waals surface area contributed by atoms with Crippen LogP contribution in [-0.2, 0) is 16.1 Å². The fourth-order valence-electron chi connectivity index (χ4n) is 3.61. The molecule has 1 aliphatic rings. The second-order valence-electron chi connectivity index (χ2n) is 7.20. The summed E-state index contributed by atoms with van der Waals surface area (Å²) in [4.78, 5) is 20.3. The minimum absolute atomic E-state index is 0.0756. The van der Waals surface area contributed by atoms with Gasteiger partial charge in [0.1, 0.15) is 0 Å². The molecule has 0 spiro atoms. The Morgan fingerprint density at radius 3 is 2.93 bits per heavy atom. The molecular weight excluding hydrogens is 356 g/mol. The van der Waals surface area contributed by atoms with Crippen LogP contribution < -0.4 is 0 Å². The summed E-state index contributed by atoms with van der Waals surface area (Å²) in [6.45, 7) is 5.72. The van der Waals surface area contributed by atoms with Crippen LogP contribution in [0.4, 0.5) is 0 Å². The predicted octanol–water partition coefficient (Wildman–Crippen LogP) is 4.80. The topological polar surface area (TPSA) is 42.4 Å². The van der Waals surface area contributed by atoms with Crippen LogP contribution in [0, 0.1) is 6.92 Å². The third-order valence-corrected chi connectivity index (χ3v) is 5.94. The molecule has 5 heteroatoms. The molecule has 140 valence electrons. The van der Waals surface area contributed by atoms with Crippen LogP contribution in [0.3, 0.4) is 0 Å². The zero-order valence-electron chi connectivity index (χ0n) is 15.8. The van der Waals surface area contributed by atoms with Gasteiger partial charge < -0.3 is 9.64 Å². The molecule has 1 amide bonds. The maximum absolute atomic E-state index is 12.3. The number of thiophene rings is 1. The number of carbonyl (C=O) groups excluding carboxylic acids is 1. The Morgan fingerprint density at radius 1 is 1.33 bits per heavy atom. The van der Waals surface area contributed by atoms with Crippen molar-refractivity contribution in [1.82, 2.24) is 9.88 Å². The van der Waals surface area contributed by atoms with Gasteiger partial charge in [-0.2, -0.15) is 0 Å². The number of carbonyl (C=O) groups is 1. The maximum Gasteiger partial charge on any atom is 0.219 e. The van der Waals surface area contributed by atoms with E-state index in [0.29, 0.717) is 13.1 Å². The predicted molar refractivity (Wildman–Crippen MR) is 110 cm³/mol. The highest BCUT2D eigenvalue weighted by Gasteiger charge is 2.22. The van der Waals surface area contributed by atoms with E-state index in [2.05, 4.69) is 42.6 Å². The SMILES string of the molecule is CC(=O)N(Cc1cc2ccc(C)cc2nc1-c1cccs1)C[C@H]1CCCO1. The number of amides is 1. The van der Waals surface area contributed by atoms with Gasteiger partial charge in [-0.3, -0.25) is 4.79 Å². The Bertz CT molecular complexity index is 946. The highest BCUT2D eigenvalue weighted by Crippen LogP contribution is 2.30. The molecule has 0 saturated carbocycles. The van der Waals surface area contributed by atoms with Crippen LogP contribution in [0.2, 0.25) is 0 Å². The molecule has 0 unspecified atom stereocenters. The van der Waals surface area contributed by atoms with Crippen molar-refractivity contribution in [2.24, 2.45) is 0 Å². The lowest BCUT2D eigenvalue weighted by Crippen LogP contribution is -2.35. The van der Waals surface area contributed by atoms with E-state index < -0.39 is 0 Å². The fraction of sp³-hybridized carbons (Fsp3) is 0.364. The van der Waals surface area contributed by atoms with E-state index in [-0.39, 0.29) is 12.0 Å². The number of hydrogen-bond acceptors (Lipinski definition) is 4. The van der Waals surface area contributed by atoms with Gasteiger partial charge in [0, 0.05) is 32.0 Å². The molecule has 1 aromatic carbocycles. The molecule has 0 bridgehead atoms. The lowest BCUT2D eigenvalue weighted by molar-refractivity contribution is -0.131. The van der Waals surface area contributed by atoms with Crippen LogP contribution in [0.1, 0.15) is 30.9 Å². The number of benzene rings is 1. The first-order valence-electron chi connectivity index (χ1n) is 9.41. The third kappa shape index (κ3) is 4.04. The number of ether oxygens (including phenoxy) is 1. The van der Waals surface area contributed by atoms with E-state index in [1.165, 1.54) is 5.56 Å². The van der Waals surface area contributed by atoms with Crippen molar-refractivity contribution in [2.75, 3.05) is 13.2 Å². The molecule has 1 atom stereocenters. The van der Waals surface area contributed by atoms with Crippen molar-refractivity contribution in [3.63, 3.8) is 0 Å². The van der Waals surface area contributed by atoms with Crippen molar-refractivity contribution < 1.29 is 9.53 Å². The number of aromatic nitrogens is 1. The number of fused-ring (bicyclic) bond motifs is 1. The molecule has 27 heavy (non-hydrogen) atoms. The largest absolute Gasteiger partial charge is 0.376 e. The Morgan fingerprint density at radius 2 is 2.22 bits per heavy atom. The van der Waals surface area contributed by atoms with E-state index in [1.807, 2.05) is 11.0 Å². The molecular formula is C22H24N2O2S. The normalized spacial score (nSPS) is 16.7. The zero-order chi connectivity index (χ0) is 18.8. The van der Waals surface area contributed by atoms with Gasteiger partial charge in [-0.05, 0) is 54.5 Å². The smallest absolute Gasteiger partial charge is 0.219 e. The Hall–Kier alpha value is -2.24. The van der Waals surface area contributed by atoms with Gasteiger partial charge in [0.05, 0.1) is 22.2 Å². The van der Waals surface area contributed by atoms with Crippen LogP contribution in [0.25, 0.3) is 21.5 Å². The number of pyridine rings is 1. The quantitative estimate of drug-likeness (QED) is 0.638. The number of aryl methyl sites for hydroxylation is 1. The highest BCUT2D eigenvalue weighted by molar-refractivity contribution is 7.13. The van der Waals surface area contributed by atoms with Crippen molar-refractivity contribution in [3.05, 3.63) is 52.9 Å². The first kappa shape index (κ1) is 18.1. The Labute approximate surface area is 163 Å². The first-order valence-corrected chi connectivity index (χ1v) is 10.3. The van der Waals surface area contributed by atoms with Crippen LogP contribution >= 0.6 is 11.3 Å². The molecule has 1 saturated heterocycles. The van der Waals surface area contributed by atoms with Gasteiger partial charge in [0.2, 0.25) is 5.91 Å². The summed E-state index contributed by atoms with van der Waals surface area (Å²) in [5.41, 5.74) is 4.25. The fourth-order valence-corrected chi connectivity index (χ4v) is 4.36. The van der Waals surface area contributed by atoms with Crippen LogP contribution in [0.5, 0.6) is 0 Å². The first-order chi connectivity index (χ1) is 13.1. The molecule has 1 aliphatic heterocycles. The minimum Gasteiger partial charge on any atom is -0.376 e. The number of nitrogens with zero attached hydrogens (tertiary/aromatic N) is 2. The van der Waals surface area contributed by atoms with Crippen LogP contribution in [-0.4, -0.2) is 35.0 Å². The highest BCUT2D eigenvalue weighted by atomic mass is 32.1. The average Bonchev–Trinajstić information content (AvgIpc) is 3.34. The molecule has 0 aliphatic carbocycles. The van der Waals surface area contributed by atoms with Gasteiger partial charge in [-0.15, -0.1) is 11.3 Å². The standard InChI is InChI=1S/C22H24N2O2S/c1-15-7-8-17-12-18(13-24(16(2)25)14-19-5-3-9-26-19)22(23-20(17)11-15)21-6-4-10-27-21/h4,6-8,10-12,19H,3,5,9,13-14H2,1-2H3/t19-/m1/s1. The van der Waals surface area contributed by atoms with E-state index in [0.717, 1.165) is 46.5 Å². The lowest BCUT2D eigenvalue weighted by atomic mass is 10.1. The second kappa shape index (κ2) is 7.79. The van der Waals surface area contributed by atoms with Crippen molar-refractivity contribution in [3.8, 4) is 10.6 Å². The van der Waals surface area contributed by atoms with Crippen molar-refractivity contribution >= 4 is 28.1 Å². The number of rotatable bonds is 5. The van der Waals surface area contributed by atoms with E-state index in [4.69, 9.17) is 9.72 Å². The molecule has 4 rings (SSSR count). The Kier molecular flexibility index (Phi) is 5.23. The van der Waals surface area contributed by atoms with Crippen molar-refractivity contribution in [1.29, 1.82) is 0 Å². The summed E-state index contributed by atoms with van der Waals surface area (Å²) in [7, 11) is 0. The van der Waals surface area contributed by atoms with Crippen molar-refractivity contribution in [2.45, 2.75) is 39.3 Å². The summed E-state index contributed by atoms with van der Waals surface area (Å²) in [5, 5.41) is 3.17. The van der Waals surface area contributed by atoms with Crippen LogP contribution in [0.15, 0.2) is 41.8 Å². The van der Waals surface area contributed by atoms with E-state index >= 15 is 0 Å². The summed E-state index contributed by atoms with van der Waals surface area (Å²) >= 11 is 1.68. The summed E-state index contributed by atoms with van der Waals surface area (Å²) in [6.07, 6.45) is 2.25. The Balaban J connectivity index is 1.72. The van der Waals surface area contributed by atoms with E-state index in [9.17, 15) is 4.79 Å². The summed E-state index contributed by atoms with van der Waals surface area (Å²) in [6, 6.07) is 12.6. The lowest BCUT2D eigenvalue weighted by Gasteiger charge is -2.25. The number of hydrogen-bond donors (Lipinski definition) is 0. The monoisotopic (exact) mass is 380 g/mol. The second-order valence-corrected chi connectivity index (χ2v) is 8.15. The van der Waals surface area contributed by atoms with Gasteiger partial charge in [0.15, 0.2) is 0 Å². The van der Waals surface area contributed by atoms with Gasteiger partial charge >= 0.3 is 0 Å². The van der Waals surface area contributed by atoms with Gasteiger partial charge in [-0.1, -0.05) is 18.2 Å². The molecule has 1 fully saturated rings. The summed E-state index contributed by atoms with van der Waals surface area (Å²) in [5.74, 6) is 0.0756. The molecule has 4 nitrogen and oxygen atoms in total. The zero-order valence-corrected chi connectivity index (χ0v) is 16.6. The molecule has 3 heterocycles. The minimum atomic E-state index is 0.0756. The van der Waals surface area contributed by atoms with Gasteiger partial charge in [0.25, 0.3) is 0 Å². The molecule has 0 radical (unpaired) electrons. The molecule has 2 aromatic heterocycles. The maximum atomic E-state index is 12.3. The van der Waals surface area contributed by atoms with E-state index in [1.54, 1.807) is 18.3 Å². The average molecular weight is 381 g/mol. The molecule has 3 aromatic rings. The van der Waals surface area contributed by atoms with Gasteiger partial charge in [-0.25, -0.2) is 4.98 Å². The molecule has 0 N–H and O–H groups in total. The third-order valence-electron chi connectivity index (χ3n) is 5.06. The summed E-state index contributed by atoms with van der Waals surface area (Å²) < 4.78 is 5.75.